The highest BCUT2D eigenvalue weighted by atomic mass is 16.3. The average Bonchev–Trinajstić information content (AvgIpc) is 2.51. The summed E-state index contributed by atoms with van der Waals surface area (Å²) < 4.78 is 0. The normalized spacial score (nSPS) is 16.4. The van der Waals surface area contributed by atoms with Gasteiger partial charge in [0.2, 0.25) is 0 Å². The maximum atomic E-state index is 9.28. The highest BCUT2D eigenvalue weighted by Gasteiger charge is 2.06. The van der Waals surface area contributed by atoms with Gasteiger partial charge >= 0.3 is 0 Å². The van der Waals surface area contributed by atoms with E-state index in [1.807, 2.05) is 13.8 Å². The number of aliphatic hydroxyl groups is 4. The van der Waals surface area contributed by atoms with E-state index in [1.165, 1.54) is 0 Å². The molecule has 0 fully saturated rings. The molecule has 0 aliphatic rings. The van der Waals surface area contributed by atoms with E-state index in [0.29, 0.717) is 0 Å². The van der Waals surface area contributed by atoms with Gasteiger partial charge in [0, 0.05) is 0 Å². The standard InChI is InChI=1S/2C9H20O2/c2*1-3-5-9(11)7-6-8(10)4-2/h2*8-11H,3-7H2,1-2H3. The van der Waals surface area contributed by atoms with Crippen LogP contribution in [0.1, 0.15) is 91.9 Å². The first-order valence-corrected chi connectivity index (χ1v) is 9.13. The van der Waals surface area contributed by atoms with Crippen LogP contribution in [0.2, 0.25) is 0 Å². The van der Waals surface area contributed by atoms with Crippen molar-refractivity contribution in [2.45, 2.75) is 116 Å². The van der Waals surface area contributed by atoms with Crippen LogP contribution in [-0.4, -0.2) is 44.8 Å². The van der Waals surface area contributed by atoms with Crippen molar-refractivity contribution >= 4 is 0 Å². The largest absolute Gasteiger partial charge is 0.393 e. The summed E-state index contributed by atoms with van der Waals surface area (Å²) in [5.41, 5.74) is 0. The minimum absolute atomic E-state index is 0.207. The van der Waals surface area contributed by atoms with Gasteiger partial charge in [-0.3, -0.25) is 0 Å². The third-order valence-corrected chi connectivity index (χ3v) is 3.85. The van der Waals surface area contributed by atoms with E-state index >= 15 is 0 Å². The topological polar surface area (TPSA) is 80.9 Å². The van der Waals surface area contributed by atoms with Crippen molar-refractivity contribution < 1.29 is 20.4 Å². The molecule has 0 aromatic rings. The van der Waals surface area contributed by atoms with Gasteiger partial charge in [0.1, 0.15) is 0 Å². The molecule has 136 valence electrons. The minimum atomic E-state index is -0.221. The molecule has 4 heteroatoms. The van der Waals surface area contributed by atoms with Crippen LogP contribution in [0.4, 0.5) is 0 Å². The second-order valence-electron chi connectivity index (χ2n) is 6.16. The lowest BCUT2D eigenvalue weighted by Crippen LogP contribution is -2.11. The molecular formula is C18H40O4. The summed E-state index contributed by atoms with van der Waals surface area (Å²) in [5, 5.41) is 36.9. The maximum absolute atomic E-state index is 9.28. The molecule has 22 heavy (non-hydrogen) atoms. The predicted molar refractivity (Wildman–Crippen MR) is 92.9 cm³/mol. The molecule has 0 aromatic carbocycles. The van der Waals surface area contributed by atoms with E-state index in [-0.39, 0.29) is 24.4 Å². The first-order valence-electron chi connectivity index (χ1n) is 9.13. The van der Waals surface area contributed by atoms with Crippen molar-refractivity contribution in [2.24, 2.45) is 0 Å². The Hall–Kier alpha value is -0.160. The molecule has 0 rings (SSSR count). The van der Waals surface area contributed by atoms with Crippen molar-refractivity contribution in [1.82, 2.24) is 0 Å². The van der Waals surface area contributed by atoms with Crippen LogP contribution >= 0.6 is 0 Å². The van der Waals surface area contributed by atoms with Gasteiger partial charge in [-0.1, -0.05) is 40.5 Å². The van der Waals surface area contributed by atoms with Gasteiger partial charge in [-0.2, -0.15) is 0 Å². The van der Waals surface area contributed by atoms with Gasteiger partial charge in [-0.25, -0.2) is 0 Å². The summed E-state index contributed by atoms with van der Waals surface area (Å²) in [7, 11) is 0. The van der Waals surface area contributed by atoms with Crippen LogP contribution in [0.3, 0.4) is 0 Å². The Morgan fingerprint density at radius 1 is 0.455 bits per heavy atom. The molecule has 0 aliphatic carbocycles. The van der Waals surface area contributed by atoms with Gasteiger partial charge in [-0.05, 0) is 51.4 Å². The maximum Gasteiger partial charge on any atom is 0.0541 e. The zero-order valence-corrected chi connectivity index (χ0v) is 15.2. The van der Waals surface area contributed by atoms with Crippen LogP contribution in [-0.2, 0) is 0 Å². The zero-order valence-electron chi connectivity index (χ0n) is 15.2. The van der Waals surface area contributed by atoms with E-state index < -0.39 is 0 Å². The molecular weight excluding hydrogens is 280 g/mol. The van der Waals surface area contributed by atoms with Crippen LogP contribution in [0, 0.1) is 0 Å². The van der Waals surface area contributed by atoms with Crippen LogP contribution < -0.4 is 0 Å². The zero-order chi connectivity index (χ0) is 17.4. The van der Waals surface area contributed by atoms with E-state index in [0.717, 1.165) is 64.2 Å². The van der Waals surface area contributed by atoms with Gasteiger partial charge in [0.15, 0.2) is 0 Å². The summed E-state index contributed by atoms with van der Waals surface area (Å²) in [5.74, 6) is 0. The highest BCUT2D eigenvalue weighted by molar-refractivity contribution is 4.60. The second kappa shape index (κ2) is 17.2. The molecule has 4 nitrogen and oxygen atoms in total. The fourth-order valence-electron chi connectivity index (χ4n) is 2.13. The molecule has 0 bridgehead atoms. The molecule has 0 radical (unpaired) electrons. The van der Waals surface area contributed by atoms with Crippen molar-refractivity contribution in [3.8, 4) is 0 Å². The van der Waals surface area contributed by atoms with E-state index in [2.05, 4.69) is 13.8 Å². The first kappa shape index (κ1) is 24.1. The Kier molecular flexibility index (Phi) is 18.8. The lowest BCUT2D eigenvalue weighted by molar-refractivity contribution is 0.106. The lowest BCUT2D eigenvalue weighted by Gasteiger charge is -2.11. The minimum Gasteiger partial charge on any atom is -0.393 e. The van der Waals surface area contributed by atoms with Gasteiger partial charge in [0.05, 0.1) is 24.4 Å². The molecule has 0 saturated heterocycles. The van der Waals surface area contributed by atoms with Crippen molar-refractivity contribution in [3.63, 3.8) is 0 Å². The van der Waals surface area contributed by atoms with E-state index in [1.54, 1.807) is 0 Å². The average molecular weight is 321 g/mol. The fraction of sp³-hybridized carbons (Fsp3) is 1.00. The Morgan fingerprint density at radius 2 is 0.727 bits per heavy atom. The van der Waals surface area contributed by atoms with Gasteiger partial charge in [0.25, 0.3) is 0 Å². The molecule has 4 N–H and O–H groups in total. The Bertz CT molecular complexity index is 189. The SMILES string of the molecule is CCCC(O)CCC(O)CC.CCCC(O)CCC(O)CC. The molecule has 4 unspecified atom stereocenters. The van der Waals surface area contributed by atoms with Crippen molar-refractivity contribution in [1.29, 1.82) is 0 Å². The molecule has 0 saturated carbocycles. The number of aliphatic hydroxyl groups excluding tert-OH is 4. The second-order valence-corrected chi connectivity index (χ2v) is 6.16. The first-order chi connectivity index (χ1) is 10.4. The molecule has 0 amide bonds. The van der Waals surface area contributed by atoms with Gasteiger partial charge < -0.3 is 20.4 Å². The summed E-state index contributed by atoms with van der Waals surface area (Å²) in [6.45, 7) is 8.02. The highest BCUT2D eigenvalue weighted by Crippen LogP contribution is 2.09. The Labute approximate surface area is 137 Å². The molecule has 0 heterocycles. The summed E-state index contributed by atoms with van der Waals surface area (Å²) in [6, 6.07) is 0. The summed E-state index contributed by atoms with van der Waals surface area (Å²) >= 11 is 0. The third-order valence-electron chi connectivity index (χ3n) is 3.85. The van der Waals surface area contributed by atoms with Crippen LogP contribution in [0.25, 0.3) is 0 Å². The fourth-order valence-corrected chi connectivity index (χ4v) is 2.13. The van der Waals surface area contributed by atoms with Gasteiger partial charge in [-0.15, -0.1) is 0 Å². The molecule has 0 aliphatic heterocycles. The number of rotatable bonds is 12. The summed E-state index contributed by atoms with van der Waals surface area (Å²) in [4.78, 5) is 0. The quantitative estimate of drug-likeness (QED) is 0.444. The molecule has 0 aromatic heterocycles. The number of hydrogen-bond donors (Lipinski definition) is 4. The molecule has 4 atom stereocenters. The van der Waals surface area contributed by atoms with Crippen LogP contribution in [0.15, 0.2) is 0 Å². The van der Waals surface area contributed by atoms with E-state index in [4.69, 9.17) is 10.2 Å². The Balaban J connectivity index is 0. The molecule has 0 spiro atoms. The van der Waals surface area contributed by atoms with Crippen molar-refractivity contribution in [3.05, 3.63) is 0 Å². The number of hydrogen-bond acceptors (Lipinski definition) is 4. The van der Waals surface area contributed by atoms with E-state index in [9.17, 15) is 10.2 Å². The third kappa shape index (κ3) is 17.9. The lowest BCUT2D eigenvalue weighted by atomic mass is 10.1. The van der Waals surface area contributed by atoms with Crippen molar-refractivity contribution in [2.75, 3.05) is 0 Å². The summed E-state index contributed by atoms with van der Waals surface area (Å²) in [6.07, 6.45) is 7.42. The predicted octanol–water partition coefficient (Wildman–Crippen LogP) is 3.40. The smallest absolute Gasteiger partial charge is 0.0541 e. The monoisotopic (exact) mass is 320 g/mol. The van der Waals surface area contributed by atoms with Crippen LogP contribution in [0.5, 0.6) is 0 Å². The Morgan fingerprint density at radius 3 is 0.955 bits per heavy atom.